The average molecular weight is 489 g/mol. The number of nitrogens with one attached hydrogen (secondary N) is 1. The van der Waals surface area contributed by atoms with E-state index in [0.29, 0.717) is 13.1 Å². The third-order valence-electron chi connectivity index (χ3n) is 4.65. The van der Waals surface area contributed by atoms with Crippen molar-refractivity contribution in [2.24, 2.45) is 0 Å². The average Bonchev–Trinajstić information content (AvgIpc) is 2.75. The lowest BCUT2D eigenvalue weighted by molar-refractivity contribution is -0.119. The van der Waals surface area contributed by atoms with Gasteiger partial charge in [-0.3, -0.25) is 4.79 Å². The minimum Gasteiger partial charge on any atom is -0.452 e. The summed E-state index contributed by atoms with van der Waals surface area (Å²) in [6.07, 6.45) is 2.50. The van der Waals surface area contributed by atoms with E-state index in [-0.39, 0.29) is 26.2 Å². The van der Waals surface area contributed by atoms with Gasteiger partial charge in [0.2, 0.25) is 10.0 Å². The van der Waals surface area contributed by atoms with Gasteiger partial charge in [0.1, 0.15) is 5.82 Å². The fourth-order valence-electron chi connectivity index (χ4n) is 3.06. The summed E-state index contributed by atoms with van der Waals surface area (Å²) < 4.78 is 45.7. The Morgan fingerprint density at radius 2 is 1.77 bits per heavy atom. The van der Waals surface area contributed by atoms with Crippen molar-refractivity contribution in [3.8, 4) is 0 Å². The van der Waals surface area contributed by atoms with Crippen molar-refractivity contribution in [2.75, 3.05) is 25.0 Å². The van der Waals surface area contributed by atoms with Crippen molar-refractivity contribution in [3.63, 3.8) is 0 Å². The first-order chi connectivity index (χ1) is 14.7. The molecule has 0 aliphatic carbocycles. The highest BCUT2D eigenvalue weighted by molar-refractivity contribution is 7.89. The Morgan fingerprint density at radius 3 is 2.45 bits per heavy atom. The van der Waals surface area contributed by atoms with Crippen molar-refractivity contribution in [1.29, 1.82) is 0 Å². The van der Waals surface area contributed by atoms with Crippen LogP contribution >= 0.6 is 23.2 Å². The molecule has 1 heterocycles. The summed E-state index contributed by atoms with van der Waals surface area (Å²) in [4.78, 5) is 24.3. The van der Waals surface area contributed by atoms with Gasteiger partial charge in [-0.1, -0.05) is 29.6 Å². The first-order valence-corrected chi connectivity index (χ1v) is 11.6. The zero-order valence-electron chi connectivity index (χ0n) is 16.2. The topological polar surface area (TPSA) is 92.8 Å². The molecule has 2 aromatic rings. The van der Waals surface area contributed by atoms with Crippen LogP contribution in [0.2, 0.25) is 10.0 Å². The SMILES string of the molecule is O=C(COC(=O)c1cc(S(=O)(=O)N2CCCCC2)ccc1Cl)Nc1ccc(Cl)cc1F. The monoisotopic (exact) mass is 488 g/mol. The Hall–Kier alpha value is -2.20. The molecule has 0 aromatic heterocycles. The summed E-state index contributed by atoms with van der Waals surface area (Å²) >= 11 is 11.7. The largest absolute Gasteiger partial charge is 0.452 e. The molecule has 31 heavy (non-hydrogen) atoms. The number of hydrogen-bond donors (Lipinski definition) is 1. The van der Waals surface area contributed by atoms with Crippen LogP contribution in [0.15, 0.2) is 41.3 Å². The molecule has 0 saturated carbocycles. The second-order valence-corrected chi connectivity index (χ2v) is 9.64. The van der Waals surface area contributed by atoms with Gasteiger partial charge in [0.05, 0.1) is 21.2 Å². The van der Waals surface area contributed by atoms with Crippen LogP contribution in [0.25, 0.3) is 0 Å². The Bertz CT molecular complexity index is 1100. The number of rotatable bonds is 6. The lowest BCUT2D eigenvalue weighted by atomic mass is 10.2. The van der Waals surface area contributed by atoms with E-state index in [2.05, 4.69) is 5.32 Å². The molecular formula is C20H19Cl2FN2O5S. The third kappa shape index (κ3) is 5.74. The van der Waals surface area contributed by atoms with Crippen LogP contribution in [-0.4, -0.2) is 44.3 Å². The fraction of sp³-hybridized carbons (Fsp3) is 0.300. The van der Waals surface area contributed by atoms with Crippen molar-refractivity contribution in [3.05, 3.63) is 57.8 Å². The second kappa shape index (κ2) is 9.95. The molecule has 1 aliphatic rings. The van der Waals surface area contributed by atoms with Gasteiger partial charge in [0.25, 0.3) is 5.91 Å². The number of amides is 1. The Kier molecular flexibility index (Phi) is 7.53. The van der Waals surface area contributed by atoms with Gasteiger partial charge in [0.15, 0.2) is 6.61 Å². The van der Waals surface area contributed by atoms with Crippen molar-refractivity contribution < 1.29 is 27.1 Å². The molecule has 0 atom stereocenters. The number of carbonyl (C=O) groups is 2. The van der Waals surface area contributed by atoms with Crippen LogP contribution in [0, 0.1) is 5.82 Å². The molecule has 0 spiro atoms. The molecule has 2 aromatic carbocycles. The molecule has 1 N–H and O–H groups in total. The fourth-order valence-corrected chi connectivity index (χ4v) is 4.96. The smallest absolute Gasteiger partial charge is 0.340 e. The van der Waals surface area contributed by atoms with E-state index in [9.17, 15) is 22.4 Å². The molecule has 166 valence electrons. The number of ether oxygens (including phenoxy) is 1. The molecule has 0 unspecified atom stereocenters. The van der Waals surface area contributed by atoms with E-state index in [1.807, 2.05) is 0 Å². The van der Waals surface area contributed by atoms with E-state index in [4.69, 9.17) is 27.9 Å². The number of anilines is 1. The summed E-state index contributed by atoms with van der Waals surface area (Å²) in [6.45, 7) is 0.0959. The van der Waals surface area contributed by atoms with Gasteiger partial charge >= 0.3 is 5.97 Å². The summed E-state index contributed by atoms with van der Waals surface area (Å²) in [5.74, 6) is -2.51. The maximum Gasteiger partial charge on any atom is 0.340 e. The lowest BCUT2D eigenvalue weighted by Gasteiger charge is -2.26. The maximum atomic E-state index is 13.8. The van der Waals surface area contributed by atoms with Crippen LogP contribution in [0.5, 0.6) is 0 Å². The van der Waals surface area contributed by atoms with Crippen LogP contribution in [0.1, 0.15) is 29.6 Å². The number of nitrogens with zero attached hydrogens (tertiary/aromatic N) is 1. The van der Waals surface area contributed by atoms with Crippen molar-refractivity contribution >= 4 is 50.8 Å². The maximum absolute atomic E-state index is 13.8. The number of piperidine rings is 1. The molecule has 1 aliphatic heterocycles. The Labute approximate surface area is 189 Å². The van der Waals surface area contributed by atoms with Gasteiger partial charge in [-0.15, -0.1) is 0 Å². The highest BCUT2D eigenvalue weighted by atomic mass is 35.5. The summed E-state index contributed by atoms with van der Waals surface area (Å²) in [7, 11) is -3.78. The molecule has 11 heteroatoms. The lowest BCUT2D eigenvalue weighted by Crippen LogP contribution is -2.35. The summed E-state index contributed by atoms with van der Waals surface area (Å²) in [6, 6.07) is 7.42. The zero-order valence-corrected chi connectivity index (χ0v) is 18.6. The molecule has 0 radical (unpaired) electrons. The number of sulfonamides is 1. The third-order valence-corrected chi connectivity index (χ3v) is 7.11. The molecule has 3 rings (SSSR count). The van der Waals surface area contributed by atoms with Crippen LogP contribution in [-0.2, 0) is 19.6 Å². The molecular weight excluding hydrogens is 470 g/mol. The number of carbonyl (C=O) groups excluding carboxylic acids is 2. The normalized spacial score (nSPS) is 14.8. The molecule has 0 bridgehead atoms. The minimum atomic E-state index is -3.78. The molecule has 7 nitrogen and oxygen atoms in total. The minimum absolute atomic E-state index is 0.0215. The zero-order chi connectivity index (χ0) is 22.6. The van der Waals surface area contributed by atoms with Gasteiger partial charge in [0, 0.05) is 18.1 Å². The van der Waals surface area contributed by atoms with Gasteiger partial charge in [-0.25, -0.2) is 17.6 Å². The van der Waals surface area contributed by atoms with Crippen LogP contribution in [0.4, 0.5) is 10.1 Å². The van der Waals surface area contributed by atoms with Gasteiger partial charge < -0.3 is 10.1 Å². The van der Waals surface area contributed by atoms with Crippen molar-refractivity contribution in [2.45, 2.75) is 24.2 Å². The number of esters is 1. The highest BCUT2D eigenvalue weighted by Crippen LogP contribution is 2.26. The molecule has 1 amide bonds. The Morgan fingerprint density at radius 1 is 1.06 bits per heavy atom. The first-order valence-electron chi connectivity index (χ1n) is 9.40. The quantitative estimate of drug-likeness (QED) is 0.617. The predicted octanol–water partition coefficient (Wildman–Crippen LogP) is 4.10. The Balaban J connectivity index is 1.68. The highest BCUT2D eigenvalue weighted by Gasteiger charge is 2.27. The number of benzene rings is 2. The number of halogens is 3. The van der Waals surface area contributed by atoms with Crippen LogP contribution in [0.3, 0.4) is 0 Å². The van der Waals surface area contributed by atoms with E-state index < -0.39 is 34.3 Å². The van der Waals surface area contributed by atoms with E-state index >= 15 is 0 Å². The predicted molar refractivity (Wildman–Crippen MR) is 114 cm³/mol. The van der Waals surface area contributed by atoms with Crippen molar-refractivity contribution in [1.82, 2.24) is 4.31 Å². The second-order valence-electron chi connectivity index (χ2n) is 6.85. The van der Waals surface area contributed by atoms with Gasteiger partial charge in [-0.2, -0.15) is 4.31 Å². The molecule has 1 fully saturated rings. The standard InChI is InChI=1S/C20H19Cl2FN2O5S/c21-13-4-7-18(17(23)10-13)24-19(26)12-30-20(27)15-11-14(5-6-16(15)22)31(28,29)25-8-2-1-3-9-25/h4-7,10-11H,1-3,8-9,12H2,(H,24,26). The van der Waals surface area contributed by atoms with Gasteiger partial charge in [-0.05, 0) is 49.2 Å². The molecule has 1 saturated heterocycles. The van der Waals surface area contributed by atoms with E-state index in [0.717, 1.165) is 31.4 Å². The summed E-state index contributed by atoms with van der Waals surface area (Å²) in [5, 5.41) is 2.39. The summed E-state index contributed by atoms with van der Waals surface area (Å²) in [5.41, 5.74) is -0.316. The van der Waals surface area contributed by atoms with Crippen LogP contribution < -0.4 is 5.32 Å². The first kappa shape index (κ1) is 23.5. The van der Waals surface area contributed by atoms with E-state index in [1.54, 1.807) is 0 Å². The number of hydrogen-bond acceptors (Lipinski definition) is 5. The van der Waals surface area contributed by atoms with E-state index in [1.165, 1.54) is 28.6 Å².